The number of nitriles is 1. The molecule has 0 aliphatic carbocycles. The number of halogens is 3. The topological polar surface area (TPSA) is 103 Å². The number of carbonyl (C=O) groups is 2. The van der Waals surface area contributed by atoms with Crippen LogP contribution in [0.15, 0.2) is 58.8 Å². The lowest BCUT2D eigenvalue weighted by molar-refractivity contribution is -0.137. The van der Waals surface area contributed by atoms with Crippen LogP contribution in [-0.4, -0.2) is 71.5 Å². The molecule has 0 radical (unpaired) electrons. The van der Waals surface area contributed by atoms with E-state index in [0.29, 0.717) is 40.9 Å². The second kappa shape index (κ2) is 9.98. The maximum Gasteiger partial charge on any atom is 0.416 e. The van der Waals surface area contributed by atoms with Crippen LogP contribution in [0.1, 0.15) is 47.6 Å². The van der Waals surface area contributed by atoms with Crippen molar-refractivity contribution in [3.05, 3.63) is 76.0 Å². The molecule has 3 aliphatic rings. The summed E-state index contributed by atoms with van der Waals surface area (Å²) in [6.45, 7) is 0.284. The van der Waals surface area contributed by atoms with Crippen molar-refractivity contribution >= 4 is 23.3 Å². The van der Waals surface area contributed by atoms with E-state index in [0.717, 1.165) is 12.1 Å². The molecule has 3 heterocycles. The highest BCUT2D eigenvalue weighted by Gasteiger charge is 2.46. The molecule has 0 fully saturated rings. The summed E-state index contributed by atoms with van der Waals surface area (Å²) < 4.78 is 40.6. The number of hydrogen-bond donors (Lipinski definition) is 1. The number of alkyl halides is 3. The number of carbonyl (C=O) groups excluding carboxylic acids is 2. The molecule has 0 saturated carbocycles. The van der Waals surface area contributed by atoms with Crippen LogP contribution in [-0.2, 0) is 11.0 Å². The zero-order valence-corrected chi connectivity index (χ0v) is 22.1. The average molecular weight is 553 g/mol. The van der Waals surface area contributed by atoms with E-state index < -0.39 is 30.0 Å². The van der Waals surface area contributed by atoms with Crippen molar-refractivity contribution in [3.8, 4) is 6.07 Å². The lowest BCUT2D eigenvalue weighted by Gasteiger charge is -2.45. The molecule has 1 N–H and O–H groups in total. The summed E-state index contributed by atoms with van der Waals surface area (Å²) in [5.74, 6) is -0.351. The molecular formula is C28H27F3N6O3. The molecule has 12 heteroatoms. The van der Waals surface area contributed by atoms with Gasteiger partial charge >= 0.3 is 12.2 Å². The summed E-state index contributed by atoms with van der Waals surface area (Å²) in [7, 11) is 4.76. The molecule has 208 valence electrons. The van der Waals surface area contributed by atoms with Gasteiger partial charge in [-0.1, -0.05) is 12.1 Å². The smallest absolute Gasteiger partial charge is 0.372 e. The molecule has 5 rings (SSSR count). The Labute approximate surface area is 229 Å². The summed E-state index contributed by atoms with van der Waals surface area (Å²) in [5.41, 5.74) is 1.77. The highest BCUT2D eigenvalue weighted by Crippen LogP contribution is 2.44. The minimum Gasteiger partial charge on any atom is -0.372 e. The van der Waals surface area contributed by atoms with Gasteiger partial charge in [-0.25, -0.2) is 4.79 Å². The molecule has 0 saturated heterocycles. The van der Waals surface area contributed by atoms with Crippen molar-refractivity contribution in [1.29, 1.82) is 5.26 Å². The monoisotopic (exact) mass is 552 g/mol. The molecule has 2 atom stereocenters. The number of likely N-dealkylation sites (N-methyl/N-ethyl adjacent to an activating group) is 2. The molecule has 2 aromatic rings. The van der Waals surface area contributed by atoms with Crippen LogP contribution >= 0.6 is 0 Å². The third kappa shape index (κ3) is 4.56. The average Bonchev–Trinajstić information content (AvgIpc) is 2.93. The first-order chi connectivity index (χ1) is 18.9. The van der Waals surface area contributed by atoms with Gasteiger partial charge in [-0.2, -0.15) is 23.5 Å². The third-order valence-corrected chi connectivity index (χ3v) is 7.56. The molecule has 0 spiro atoms. The summed E-state index contributed by atoms with van der Waals surface area (Å²) >= 11 is 0. The van der Waals surface area contributed by atoms with E-state index in [9.17, 15) is 33.1 Å². The Morgan fingerprint density at radius 1 is 1.07 bits per heavy atom. The van der Waals surface area contributed by atoms with Crippen molar-refractivity contribution in [2.75, 3.05) is 32.6 Å². The minimum atomic E-state index is -4.61. The first-order valence-corrected chi connectivity index (χ1v) is 12.7. The Balaban J connectivity index is 1.72. The molecule has 40 heavy (non-hydrogen) atoms. The number of anilines is 1. The van der Waals surface area contributed by atoms with Crippen LogP contribution in [0.4, 0.5) is 23.7 Å². The number of rotatable bonds is 3. The quantitative estimate of drug-likeness (QED) is 0.619. The van der Waals surface area contributed by atoms with Gasteiger partial charge in [0.25, 0.3) is 5.91 Å². The summed E-state index contributed by atoms with van der Waals surface area (Å²) in [4.78, 5) is 31.7. The lowest BCUT2D eigenvalue weighted by Crippen LogP contribution is -2.53. The highest BCUT2D eigenvalue weighted by molar-refractivity contribution is 6.07. The predicted molar refractivity (Wildman–Crippen MR) is 140 cm³/mol. The zero-order chi connectivity index (χ0) is 28.9. The second-order valence-corrected chi connectivity index (χ2v) is 10.1. The van der Waals surface area contributed by atoms with Gasteiger partial charge in [0.05, 0.1) is 40.2 Å². The van der Waals surface area contributed by atoms with Gasteiger partial charge in [0.1, 0.15) is 6.23 Å². The van der Waals surface area contributed by atoms with Crippen LogP contribution in [0.25, 0.3) is 0 Å². The van der Waals surface area contributed by atoms with Crippen molar-refractivity contribution in [3.63, 3.8) is 0 Å². The van der Waals surface area contributed by atoms with Crippen LogP contribution < -0.4 is 4.90 Å². The standard InChI is InChI=1S/C28H27F3N6O3/c1-34-12-11-22-24(26(34)39)25(35(2)27(40)37(22)18-6-4-5-17(14-18)28(29,30)31)19-8-7-16(15-32)13-20(19)21-9-10-23(38)36(3)33-21/h4-8,13-14,23,25,38H,9-12H2,1-3H3. The number of hydrazone groups is 1. The van der Waals surface area contributed by atoms with Gasteiger partial charge < -0.3 is 14.9 Å². The molecule has 3 aliphatic heterocycles. The van der Waals surface area contributed by atoms with Crippen molar-refractivity contribution < 1.29 is 27.9 Å². The first-order valence-electron chi connectivity index (χ1n) is 12.7. The molecule has 0 bridgehead atoms. The summed E-state index contributed by atoms with van der Waals surface area (Å²) in [6.07, 6.45) is -4.33. The number of hydrogen-bond acceptors (Lipinski definition) is 6. The van der Waals surface area contributed by atoms with Crippen LogP contribution in [0.5, 0.6) is 0 Å². The normalized spacial score (nSPS) is 21.9. The van der Waals surface area contributed by atoms with Gasteiger partial charge in [0, 0.05) is 45.4 Å². The fraction of sp³-hybridized carbons (Fsp3) is 0.357. The van der Waals surface area contributed by atoms with E-state index in [-0.39, 0.29) is 30.1 Å². The Morgan fingerprint density at radius 3 is 2.50 bits per heavy atom. The van der Waals surface area contributed by atoms with Gasteiger partial charge in [0.2, 0.25) is 0 Å². The number of amides is 3. The van der Waals surface area contributed by atoms with Crippen LogP contribution in [0, 0.1) is 11.3 Å². The highest BCUT2D eigenvalue weighted by atomic mass is 19.4. The van der Waals surface area contributed by atoms with Gasteiger partial charge in [0.15, 0.2) is 0 Å². The summed E-state index contributed by atoms with van der Waals surface area (Å²) in [5, 5.41) is 25.7. The van der Waals surface area contributed by atoms with E-state index in [1.807, 2.05) is 0 Å². The maximum absolute atomic E-state index is 13.9. The zero-order valence-electron chi connectivity index (χ0n) is 22.1. The number of urea groups is 1. The van der Waals surface area contributed by atoms with Crippen molar-refractivity contribution in [1.82, 2.24) is 14.8 Å². The Morgan fingerprint density at radius 2 is 1.82 bits per heavy atom. The lowest BCUT2D eigenvalue weighted by atomic mass is 9.84. The van der Waals surface area contributed by atoms with Crippen LogP contribution in [0.2, 0.25) is 0 Å². The fourth-order valence-corrected chi connectivity index (χ4v) is 5.44. The fourth-order valence-electron chi connectivity index (χ4n) is 5.44. The minimum absolute atomic E-state index is 0.0160. The summed E-state index contributed by atoms with van der Waals surface area (Å²) in [6, 6.07) is 10.0. The predicted octanol–water partition coefficient (Wildman–Crippen LogP) is 4.05. The second-order valence-electron chi connectivity index (χ2n) is 10.1. The SMILES string of the molecule is CN1CCC2=C(C1=O)C(c1ccc(C#N)cc1C1=NN(C)C(O)CC1)N(C)C(=O)N2c1cccc(C(F)(F)F)c1. The van der Waals surface area contributed by atoms with Gasteiger partial charge in [-0.15, -0.1) is 0 Å². The Hall–Kier alpha value is -4.37. The molecule has 2 unspecified atom stereocenters. The number of aliphatic hydroxyl groups is 1. The molecule has 3 amide bonds. The Kier molecular flexibility index (Phi) is 6.79. The van der Waals surface area contributed by atoms with E-state index in [2.05, 4.69) is 11.2 Å². The van der Waals surface area contributed by atoms with Gasteiger partial charge in [-0.3, -0.25) is 14.7 Å². The molecular weight excluding hydrogens is 525 g/mol. The largest absolute Gasteiger partial charge is 0.416 e. The first kappa shape index (κ1) is 27.2. The van der Waals surface area contributed by atoms with E-state index in [1.54, 1.807) is 32.3 Å². The van der Waals surface area contributed by atoms with Crippen molar-refractivity contribution in [2.45, 2.75) is 37.7 Å². The van der Waals surface area contributed by atoms with E-state index in [1.165, 1.54) is 38.9 Å². The number of benzene rings is 2. The maximum atomic E-state index is 13.9. The molecule has 9 nitrogen and oxygen atoms in total. The number of aliphatic hydroxyl groups excluding tert-OH is 1. The van der Waals surface area contributed by atoms with Crippen LogP contribution in [0.3, 0.4) is 0 Å². The third-order valence-electron chi connectivity index (χ3n) is 7.56. The Bertz CT molecular complexity index is 1490. The molecule has 0 aromatic heterocycles. The van der Waals surface area contributed by atoms with Gasteiger partial charge in [-0.05, 0) is 48.7 Å². The van der Waals surface area contributed by atoms with E-state index >= 15 is 0 Å². The molecule has 2 aromatic carbocycles. The number of nitrogens with zero attached hydrogens (tertiary/aromatic N) is 6. The van der Waals surface area contributed by atoms with Crippen molar-refractivity contribution in [2.24, 2.45) is 5.10 Å². The van der Waals surface area contributed by atoms with E-state index in [4.69, 9.17) is 0 Å².